The third kappa shape index (κ3) is 4.31. The minimum Gasteiger partial charge on any atom is -0.508 e. The average Bonchev–Trinajstić information content (AvgIpc) is 2.66. The quantitative estimate of drug-likeness (QED) is 0.866. The Morgan fingerprint density at radius 3 is 2.81 bits per heavy atom. The number of hydrogen-bond acceptors (Lipinski definition) is 4. The fourth-order valence-electron chi connectivity index (χ4n) is 3.19. The van der Waals surface area contributed by atoms with Gasteiger partial charge in [0.1, 0.15) is 5.75 Å². The molecule has 7 heteroatoms. The first kappa shape index (κ1) is 18.6. The second-order valence-corrected chi connectivity index (χ2v) is 6.52. The monoisotopic (exact) mass is 369 g/mol. The van der Waals surface area contributed by atoms with Crippen LogP contribution in [0.3, 0.4) is 0 Å². The molecule has 0 fully saturated rings. The highest BCUT2D eigenvalue weighted by Gasteiger charge is 2.23. The summed E-state index contributed by atoms with van der Waals surface area (Å²) in [6.45, 7) is 0.999. The molecule has 0 spiro atoms. The Morgan fingerprint density at radius 2 is 2.07 bits per heavy atom. The molecule has 27 heavy (non-hydrogen) atoms. The van der Waals surface area contributed by atoms with Gasteiger partial charge in [0, 0.05) is 25.8 Å². The van der Waals surface area contributed by atoms with E-state index < -0.39 is 0 Å². The highest BCUT2D eigenvalue weighted by molar-refractivity contribution is 5.92. The summed E-state index contributed by atoms with van der Waals surface area (Å²) in [6.07, 6.45) is 1.31. The summed E-state index contributed by atoms with van der Waals surface area (Å²) in [5.74, 6) is 0.172. The van der Waals surface area contributed by atoms with Crippen molar-refractivity contribution in [1.29, 1.82) is 0 Å². The average molecular weight is 369 g/mol. The Balaban J connectivity index is 1.68. The fraction of sp³-hybridized carbons (Fsp3) is 0.300. The molecule has 0 saturated carbocycles. The molecule has 2 N–H and O–H groups in total. The lowest BCUT2D eigenvalue weighted by Gasteiger charge is -2.28. The van der Waals surface area contributed by atoms with Gasteiger partial charge in [-0.25, -0.2) is 9.59 Å². The second kappa shape index (κ2) is 7.99. The van der Waals surface area contributed by atoms with Crippen LogP contribution >= 0.6 is 0 Å². The molecule has 0 radical (unpaired) electrons. The molecule has 142 valence electrons. The number of benzene rings is 2. The van der Waals surface area contributed by atoms with E-state index in [0.717, 1.165) is 29.7 Å². The predicted molar refractivity (Wildman–Crippen MR) is 103 cm³/mol. The summed E-state index contributed by atoms with van der Waals surface area (Å²) in [5.41, 5.74) is 3.33. The summed E-state index contributed by atoms with van der Waals surface area (Å²) in [7, 11) is 3.06. The Hall–Kier alpha value is -3.22. The number of phenols is 1. The maximum absolute atomic E-state index is 12.5. The first-order valence-corrected chi connectivity index (χ1v) is 8.76. The summed E-state index contributed by atoms with van der Waals surface area (Å²) in [5, 5.41) is 12.4. The summed E-state index contributed by atoms with van der Waals surface area (Å²) in [4.78, 5) is 27.5. The van der Waals surface area contributed by atoms with Crippen molar-refractivity contribution in [2.75, 3.05) is 30.9 Å². The van der Waals surface area contributed by atoms with Gasteiger partial charge in [0.05, 0.1) is 12.8 Å². The number of carbonyl (C=O) groups is 2. The molecule has 3 rings (SSSR count). The molecule has 2 aromatic rings. The van der Waals surface area contributed by atoms with Crippen molar-refractivity contribution in [3.8, 4) is 5.75 Å². The third-order valence-electron chi connectivity index (χ3n) is 4.52. The molecule has 1 heterocycles. The normalized spacial score (nSPS) is 12.9. The Labute approximate surface area is 158 Å². The van der Waals surface area contributed by atoms with Gasteiger partial charge in [-0.3, -0.25) is 4.90 Å². The third-order valence-corrected chi connectivity index (χ3v) is 4.52. The number of ether oxygens (including phenoxy) is 1. The van der Waals surface area contributed by atoms with Crippen molar-refractivity contribution in [3.05, 3.63) is 53.6 Å². The molecule has 0 saturated heterocycles. The molecule has 0 aliphatic carbocycles. The molecule has 2 aromatic carbocycles. The van der Waals surface area contributed by atoms with Gasteiger partial charge in [-0.1, -0.05) is 12.1 Å². The van der Waals surface area contributed by atoms with Gasteiger partial charge in [-0.05, 0) is 54.3 Å². The SMILES string of the molecule is COC(=O)N1CCCc2cc(NC(=O)N(C)Cc3cccc(O)c3)ccc21. The number of anilines is 2. The maximum atomic E-state index is 12.5. The van der Waals surface area contributed by atoms with Crippen LogP contribution in [0.2, 0.25) is 0 Å². The van der Waals surface area contributed by atoms with E-state index in [-0.39, 0.29) is 17.9 Å². The number of aryl methyl sites for hydroxylation is 1. The molecule has 1 aliphatic heterocycles. The number of phenolic OH excluding ortho intramolecular Hbond substituents is 1. The zero-order chi connectivity index (χ0) is 19.4. The van der Waals surface area contributed by atoms with E-state index in [2.05, 4.69) is 5.32 Å². The summed E-state index contributed by atoms with van der Waals surface area (Å²) in [6, 6.07) is 12.1. The van der Waals surface area contributed by atoms with E-state index in [0.29, 0.717) is 18.8 Å². The number of rotatable bonds is 3. The molecule has 0 atom stereocenters. The lowest BCUT2D eigenvalue weighted by atomic mass is 10.0. The standard InChI is InChI=1S/C20H23N3O4/c1-22(13-14-5-3-7-17(24)11-14)19(25)21-16-8-9-18-15(12-16)6-4-10-23(18)20(26)27-2/h3,5,7-9,11-12,24H,4,6,10,13H2,1-2H3,(H,21,25). The van der Waals surface area contributed by atoms with Crippen LogP contribution in [0.5, 0.6) is 5.75 Å². The van der Waals surface area contributed by atoms with Crippen LogP contribution in [0.4, 0.5) is 21.0 Å². The Bertz CT molecular complexity index is 853. The van der Waals surface area contributed by atoms with Crippen LogP contribution in [-0.2, 0) is 17.7 Å². The van der Waals surface area contributed by atoms with E-state index in [4.69, 9.17) is 4.74 Å². The number of fused-ring (bicyclic) bond motifs is 1. The molecule has 0 bridgehead atoms. The fourth-order valence-corrected chi connectivity index (χ4v) is 3.19. The topological polar surface area (TPSA) is 82.1 Å². The van der Waals surface area contributed by atoms with E-state index in [1.807, 2.05) is 18.2 Å². The van der Waals surface area contributed by atoms with Gasteiger partial charge < -0.3 is 20.1 Å². The van der Waals surface area contributed by atoms with Crippen LogP contribution in [0.15, 0.2) is 42.5 Å². The lowest BCUT2D eigenvalue weighted by molar-refractivity contribution is 0.178. The molecule has 0 aromatic heterocycles. The molecule has 7 nitrogen and oxygen atoms in total. The summed E-state index contributed by atoms with van der Waals surface area (Å²) >= 11 is 0. The van der Waals surface area contributed by atoms with Crippen molar-refractivity contribution in [2.24, 2.45) is 0 Å². The number of methoxy groups -OCH3 is 1. The number of urea groups is 1. The van der Waals surface area contributed by atoms with Crippen LogP contribution in [0.1, 0.15) is 17.5 Å². The molecule has 0 unspecified atom stereocenters. The van der Waals surface area contributed by atoms with Crippen molar-refractivity contribution >= 4 is 23.5 Å². The first-order chi connectivity index (χ1) is 13.0. The van der Waals surface area contributed by atoms with Crippen LogP contribution in [-0.4, -0.2) is 42.8 Å². The molecule has 1 aliphatic rings. The Kier molecular flexibility index (Phi) is 5.49. The minimum absolute atomic E-state index is 0.172. The van der Waals surface area contributed by atoms with Crippen LogP contribution in [0, 0.1) is 0 Å². The van der Waals surface area contributed by atoms with Gasteiger partial charge in [-0.15, -0.1) is 0 Å². The van der Waals surface area contributed by atoms with Gasteiger partial charge >= 0.3 is 12.1 Å². The number of aromatic hydroxyl groups is 1. The summed E-state index contributed by atoms with van der Waals surface area (Å²) < 4.78 is 4.83. The van der Waals surface area contributed by atoms with Crippen LogP contribution < -0.4 is 10.2 Å². The van der Waals surface area contributed by atoms with Gasteiger partial charge in [-0.2, -0.15) is 0 Å². The second-order valence-electron chi connectivity index (χ2n) is 6.52. The number of nitrogens with zero attached hydrogens (tertiary/aromatic N) is 2. The molecular weight excluding hydrogens is 346 g/mol. The smallest absolute Gasteiger partial charge is 0.414 e. The largest absolute Gasteiger partial charge is 0.508 e. The molecular formula is C20H23N3O4. The van der Waals surface area contributed by atoms with E-state index in [9.17, 15) is 14.7 Å². The lowest BCUT2D eigenvalue weighted by Crippen LogP contribution is -2.35. The van der Waals surface area contributed by atoms with E-state index >= 15 is 0 Å². The predicted octanol–water partition coefficient (Wildman–Crippen LogP) is 3.58. The first-order valence-electron chi connectivity index (χ1n) is 8.76. The van der Waals surface area contributed by atoms with Crippen molar-refractivity contribution < 1.29 is 19.4 Å². The van der Waals surface area contributed by atoms with E-state index in [1.165, 1.54) is 12.0 Å². The van der Waals surface area contributed by atoms with E-state index in [1.54, 1.807) is 36.2 Å². The highest BCUT2D eigenvalue weighted by atomic mass is 16.5. The Morgan fingerprint density at radius 1 is 1.26 bits per heavy atom. The highest BCUT2D eigenvalue weighted by Crippen LogP contribution is 2.30. The zero-order valence-corrected chi connectivity index (χ0v) is 15.4. The molecule has 3 amide bonds. The van der Waals surface area contributed by atoms with Crippen molar-refractivity contribution in [1.82, 2.24) is 4.90 Å². The van der Waals surface area contributed by atoms with Crippen LogP contribution in [0.25, 0.3) is 0 Å². The number of carbonyl (C=O) groups excluding carboxylic acids is 2. The minimum atomic E-state index is -0.376. The van der Waals surface area contributed by atoms with Gasteiger partial charge in [0.25, 0.3) is 0 Å². The maximum Gasteiger partial charge on any atom is 0.414 e. The van der Waals surface area contributed by atoms with Gasteiger partial charge in [0.2, 0.25) is 0 Å². The van der Waals surface area contributed by atoms with Gasteiger partial charge in [0.15, 0.2) is 0 Å². The van der Waals surface area contributed by atoms with Crippen molar-refractivity contribution in [3.63, 3.8) is 0 Å². The van der Waals surface area contributed by atoms with Crippen molar-refractivity contribution in [2.45, 2.75) is 19.4 Å². The number of amides is 3. The number of hydrogen-bond donors (Lipinski definition) is 2. The number of nitrogens with one attached hydrogen (secondary N) is 1. The zero-order valence-electron chi connectivity index (χ0n) is 15.4.